The molecule has 6 heteroatoms. The zero-order valence-corrected chi connectivity index (χ0v) is 17.2. The van der Waals surface area contributed by atoms with Gasteiger partial charge in [-0.25, -0.2) is 9.18 Å². The van der Waals surface area contributed by atoms with E-state index in [0.29, 0.717) is 37.4 Å². The topological polar surface area (TPSA) is 49.9 Å². The summed E-state index contributed by atoms with van der Waals surface area (Å²) in [5, 5.41) is 0. The van der Waals surface area contributed by atoms with Crippen molar-refractivity contribution < 1.29 is 18.7 Å². The number of benzene rings is 2. The Balaban J connectivity index is 1.49. The van der Waals surface area contributed by atoms with Gasteiger partial charge in [-0.2, -0.15) is 0 Å². The van der Waals surface area contributed by atoms with Crippen molar-refractivity contribution in [1.29, 1.82) is 0 Å². The highest BCUT2D eigenvalue weighted by atomic mass is 19.1. The average molecular weight is 398 g/mol. The van der Waals surface area contributed by atoms with E-state index in [4.69, 9.17) is 4.74 Å². The first-order valence-corrected chi connectivity index (χ1v) is 9.80. The van der Waals surface area contributed by atoms with Gasteiger partial charge in [0.05, 0.1) is 11.3 Å². The molecule has 1 aliphatic heterocycles. The minimum atomic E-state index is -0.510. The largest absolute Gasteiger partial charge is 0.452 e. The van der Waals surface area contributed by atoms with Crippen molar-refractivity contribution >= 4 is 17.6 Å². The normalized spacial score (nSPS) is 14.6. The predicted octanol–water partition coefficient (Wildman–Crippen LogP) is 3.63. The molecule has 0 saturated carbocycles. The summed E-state index contributed by atoms with van der Waals surface area (Å²) in [7, 11) is 0. The Kier molecular flexibility index (Phi) is 6.20. The second-order valence-electron chi connectivity index (χ2n) is 8.22. The molecule has 0 N–H and O–H groups in total. The molecular formula is C23H27FN2O3. The minimum absolute atomic E-state index is 0.00319. The minimum Gasteiger partial charge on any atom is -0.452 e. The van der Waals surface area contributed by atoms with Crippen LogP contribution in [0, 0.1) is 5.82 Å². The van der Waals surface area contributed by atoms with E-state index in [2.05, 4.69) is 20.8 Å². The third kappa shape index (κ3) is 5.13. The molecule has 1 saturated heterocycles. The van der Waals surface area contributed by atoms with Gasteiger partial charge in [-0.3, -0.25) is 4.79 Å². The van der Waals surface area contributed by atoms with E-state index in [1.54, 1.807) is 35.2 Å². The summed E-state index contributed by atoms with van der Waals surface area (Å²) in [4.78, 5) is 28.2. The van der Waals surface area contributed by atoms with Crippen molar-refractivity contribution in [3.05, 3.63) is 65.5 Å². The quantitative estimate of drug-likeness (QED) is 0.738. The highest BCUT2D eigenvalue weighted by Gasteiger charge is 2.23. The summed E-state index contributed by atoms with van der Waals surface area (Å²) in [5.74, 6) is -1.01. The van der Waals surface area contributed by atoms with E-state index < -0.39 is 5.97 Å². The summed E-state index contributed by atoms with van der Waals surface area (Å²) < 4.78 is 19.1. The van der Waals surface area contributed by atoms with Gasteiger partial charge in [-0.1, -0.05) is 45.0 Å². The van der Waals surface area contributed by atoms with Gasteiger partial charge in [0.2, 0.25) is 0 Å². The lowest BCUT2D eigenvalue weighted by Gasteiger charge is -2.36. The Bertz CT molecular complexity index is 866. The van der Waals surface area contributed by atoms with Crippen LogP contribution in [0.4, 0.5) is 10.1 Å². The van der Waals surface area contributed by atoms with Crippen molar-refractivity contribution in [2.24, 2.45) is 0 Å². The van der Waals surface area contributed by atoms with E-state index in [1.807, 2.05) is 17.0 Å². The summed E-state index contributed by atoms with van der Waals surface area (Å²) in [6, 6.07) is 13.9. The van der Waals surface area contributed by atoms with Crippen LogP contribution in [-0.4, -0.2) is 49.6 Å². The fraction of sp³-hybridized carbons (Fsp3) is 0.391. The van der Waals surface area contributed by atoms with E-state index in [-0.39, 0.29) is 23.7 Å². The maximum Gasteiger partial charge on any atom is 0.338 e. The van der Waals surface area contributed by atoms with Gasteiger partial charge < -0.3 is 14.5 Å². The standard InChI is InChI=1S/C23H27FN2O3/c1-23(2,3)18-10-8-17(9-11-18)22(28)29-16-21(27)26-14-12-25(13-15-26)20-7-5-4-6-19(20)24/h4-11H,12-16H2,1-3H3. The molecule has 0 aromatic heterocycles. The molecule has 2 aromatic carbocycles. The van der Waals surface area contributed by atoms with Crippen molar-refractivity contribution in [2.45, 2.75) is 26.2 Å². The van der Waals surface area contributed by atoms with Gasteiger partial charge in [0.15, 0.2) is 6.61 Å². The Morgan fingerprint density at radius 3 is 2.17 bits per heavy atom. The molecule has 5 nitrogen and oxygen atoms in total. The Morgan fingerprint density at radius 1 is 0.966 bits per heavy atom. The van der Waals surface area contributed by atoms with Crippen LogP contribution in [0.2, 0.25) is 0 Å². The molecule has 0 spiro atoms. The first-order valence-electron chi connectivity index (χ1n) is 9.80. The van der Waals surface area contributed by atoms with Crippen LogP contribution in [0.5, 0.6) is 0 Å². The lowest BCUT2D eigenvalue weighted by atomic mass is 9.87. The number of nitrogens with zero attached hydrogens (tertiary/aromatic N) is 2. The molecule has 1 fully saturated rings. The zero-order chi connectivity index (χ0) is 21.0. The molecule has 0 bridgehead atoms. The molecule has 0 unspecified atom stereocenters. The number of ether oxygens (including phenoxy) is 1. The van der Waals surface area contributed by atoms with Crippen molar-refractivity contribution in [2.75, 3.05) is 37.7 Å². The average Bonchev–Trinajstić information content (AvgIpc) is 2.72. The smallest absolute Gasteiger partial charge is 0.338 e. The molecule has 0 atom stereocenters. The molecule has 3 rings (SSSR count). The lowest BCUT2D eigenvalue weighted by molar-refractivity contribution is -0.134. The number of amides is 1. The van der Waals surface area contributed by atoms with Gasteiger partial charge in [0.25, 0.3) is 5.91 Å². The third-order valence-electron chi connectivity index (χ3n) is 5.14. The predicted molar refractivity (Wildman–Crippen MR) is 111 cm³/mol. The van der Waals surface area contributed by atoms with E-state index >= 15 is 0 Å². The van der Waals surface area contributed by atoms with Gasteiger partial charge in [-0.05, 0) is 35.2 Å². The monoisotopic (exact) mass is 398 g/mol. The molecule has 2 aromatic rings. The number of carbonyl (C=O) groups excluding carboxylic acids is 2. The van der Waals surface area contributed by atoms with Gasteiger partial charge in [0.1, 0.15) is 5.82 Å². The fourth-order valence-corrected chi connectivity index (χ4v) is 3.31. The van der Waals surface area contributed by atoms with Crippen LogP contribution in [0.15, 0.2) is 48.5 Å². The molecule has 0 radical (unpaired) electrons. The highest BCUT2D eigenvalue weighted by Crippen LogP contribution is 2.22. The number of anilines is 1. The summed E-state index contributed by atoms with van der Waals surface area (Å²) in [5.41, 5.74) is 2.10. The number of rotatable bonds is 4. The van der Waals surface area contributed by atoms with Crippen molar-refractivity contribution in [3.63, 3.8) is 0 Å². The van der Waals surface area contributed by atoms with E-state index in [9.17, 15) is 14.0 Å². The number of hydrogen-bond donors (Lipinski definition) is 0. The number of halogens is 1. The number of esters is 1. The summed E-state index contributed by atoms with van der Waals surface area (Å²) in [6.45, 7) is 8.01. The van der Waals surface area contributed by atoms with Gasteiger partial charge in [0, 0.05) is 26.2 Å². The van der Waals surface area contributed by atoms with E-state index in [0.717, 1.165) is 5.56 Å². The first kappa shape index (κ1) is 20.8. The maximum absolute atomic E-state index is 13.9. The Morgan fingerprint density at radius 2 is 1.59 bits per heavy atom. The van der Waals surface area contributed by atoms with Gasteiger partial charge in [-0.15, -0.1) is 0 Å². The van der Waals surface area contributed by atoms with Crippen LogP contribution in [0.3, 0.4) is 0 Å². The van der Waals surface area contributed by atoms with Crippen LogP contribution in [0.25, 0.3) is 0 Å². The Labute approximate surface area is 171 Å². The van der Waals surface area contributed by atoms with Crippen molar-refractivity contribution in [1.82, 2.24) is 4.90 Å². The third-order valence-corrected chi connectivity index (χ3v) is 5.14. The molecule has 0 aliphatic carbocycles. The van der Waals surface area contributed by atoms with Crippen molar-refractivity contribution in [3.8, 4) is 0 Å². The first-order chi connectivity index (χ1) is 13.8. The van der Waals surface area contributed by atoms with Crippen LogP contribution >= 0.6 is 0 Å². The molecule has 29 heavy (non-hydrogen) atoms. The second kappa shape index (κ2) is 8.64. The molecule has 154 valence electrons. The number of para-hydroxylation sites is 1. The maximum atomic E-state index is 13.9. The molecule has 1 aliphatic rings. The molecule has 1 heterocycles. The zero-order valence-electron chi connectivity index (χ0n) is 17.2. The van der Waals surface area contributed by atoms with Gasteiger partial charge >= 0.3 is 5.97 Å². The second-order valence-corrected chi connectivity index (χ2v) is 8.22. The SMILES string of the molecule is CC(C)(C)c1ccc(C(=O)OCC(=O)N2CCN(c3ccccc3F)CC2)cc1. The molecule has 1 amide bonds. The molecular weight excluding hydrogens is 371 g/mol. The van der Waals surface area contributed by atoms with E-state index in [1.165, 1.54) is 6.07 Å². The summed E-state index contributed by atoms with van der Waals surface area (Å²) >= 11 is 0. The highest BCUT2D eigenvalue weighted by molar-refractivity contribution is 5.91. The number of piperazine rings is 1. The Hall–Kier alpha value is -2.89. The fourth-order valence-electron chi connectivity index (χ4n) is 3.31. The summed E-state index contributed by atoms with van der Waals surface area (Å²) in [6.07, 6.45) is 0. The van der Waals surface area contributed by atoms with Crippen LogP contribution in [-0.2, 0) is 14.9 Å². The van der Waals surface area contributed by atoms with Crippen LogP contribution in [0.1, 0.15) is 36.7 Å². The lowest BCUT2D eigenvalue weighted by Crippen LogP contribution is -2.50. The number of hydrogen-bond acceptors (Lipinski definition) is 4. The number of carbonyl (C=O) groups is 2. The van der Waals surface area contributed by atoms with Crippen LogP contribution < -0.4 is 4.90 Å².